The van der Waals surface area contributed by atoms with Crippen LogP contribution in [0.1, 0.15) is 33.3 Å². The van der Waals surface area contributed by atoms with E-state index in [1.165, 1.54) is 5.56 Å². The zero-order chi connectivity index (χ0) is 17.1. The van der Waals surface area contributed by atoms with Gasteiger partial charge in [0.1, 0.15) is 0 Å². The Morgan fingerprint density at radius 2 is 1.57 bits per heavy atom. The molecule has 2 rings (SSSR count). The highest BCUT2D eigenvalue weighted by Crippen LogP contribution is 2.36. The van der Waals surface area contributed by atoms with Crippen LogP contribution in [0.2, 0.25) is 0 Å². The number of rotatable bonds is 7. The molecule has 1 aliphatic rings. The fourth-order valence-electron chi connectivity index (χ4n) is 2.56. The van der Waals surface area contributed by atoms with E-state index < -0.39 is 0 Å². The van der Waals surface area contributed by atoms with Crippen molar-refractivity contribution in [2.45, 2.75) is 45.3 Å². The van der Waals surface area contributed by atoms with Crippen LogP contribution in [0.5, 0.6) is 0 Å². The molecule has 23 heavy (non-hydrogen) atoms. The largest absolute Gasteiger partial charge is 0.494 e. The first-order valence-corrected chi connectivity index (χ1v) is 8.53. The molecule has 0 radical (unpaired) electrons. The number of benzene rings is 1. The summed E-state index contributed by atoms with van der Waals surface area (Å²) in [4.78, 5) is 2.35. The average Bonchev–Trinajstić information content (AvgIpc) is 2.72. The van der Waals surface area contributed by atoms with Crippen LogP contribution in [-0.2, 0) is 15.7 Å². The molecule has 0 spiro atoms. The smallest absolute Gasteiger partial charge is 0.399 e. The van der Waals surface area contributed by atoms with Crippen LogP contribution in [0.15, 0.2) is 24.3 Å². The van der Waals surface area contributed by atoms with Gasteiger partial charge in [0.15, 0.2) is 0 Å². The lowest BCUT2D eigenvalue weighted by Crippen LogP contribution is -2.41. The van der Waals surface area contributed by atoms with Gasteiger partial charge in [-0.3, -0.25) is 0 Å². The maximum Gasteiger partial charge on any atom is 0.494 e. The minimum atomic E-state index is -0.285. The van der Waals surface area contributed by atoms with Gasteiger partial charge >= 0.3 is 7.12 Å². The second kappa shape index (κ2) is 7.35. The molecule has 4 nitrogen and oxygen atoms in total. The Morgan fingerprint density at radius 3 is 2.09 bits per heavy atom. The maximum atomic E-state index is 6.10. The lowest BCUT2D eigenvalue weighted by Gasteiger charge is -2.32. The Labute approximate surface area is 141 Å². The highest BCUT2D eigenvalue weighted by Gasteiger charge is 2.51. The summed E-state index contributed by atoms with van der Waals surface area (Å²) < 4.78 is 12.2. The third-order valence-electron chi connectivity index (χ3n) is 5.03. The van der Waals surface area contributed by atoms with Crippen molar-refractivity contribution in [1.29, 1.82) is 0 Å². The lowest BCUT2D eigenvalue weighted by molar-refractivity contribution is 0.00578. The molecule has 0 bridgehead atoms. The van der Waals surface area contributed by atoms with Crippen LogP contribution in [0.3, 0.4) is 0 Å². The summed E-state index contributed by atoms with van der Waals surface area (Å²) >= 11 is 0. The lowest BCUT2D eigenvalue weighted by atomic mass is 9.79. The molecule has 1 heterocycles. The van der Waals surface area contributed by atoms with E-state index in [9.17, 15) is 0 Å². The van der Waals surface area contributed by atoms with Gasteiger partial charge in [-0.25, -0.2) is 0 Å². The highest BCUT2D eigenvalue weighted by atomic mass is 16.7. The van der Waals surface area contributed by atoms with Crippen LogP contribution in [0.4, 0.5) is 0 Å². The first kappa shape index (κ1) is 18.5. The summed E-state index contributed by atoms with van der Waals surface area (Å²) in [7, 11) is 3.88. The van der Waals surface area contributed by atoms with Crippen molar-refractivity contribution in [3.05, 3.63) is 29.8 Å². The standard InChI is InChI=1S/C18H31BN2O2/c1-17(2)18(3,4)23-19(22-17)16-9-7-15(8-10-16)11-13-21(6)14-12-20-5/h7-10,20H,11-14H2,1-6H3. The molecular formula is C18H31BN2O2. The van der Waals surface area contributed by atoms with Gasteiger partial charge in [-0.2, -0.15) is 0 Å². The van der Waals surface area contributed by atoms with Gasteiger partial charge in [-0.05, 0) is 59.2 Å². The van der Waals surface area contributed by atoms with E-state index >= 15 is 0 Å². The summed E-state index contributed by atoms with van der Waals surface area (Å²) in [5.41, 5.74) is 1.87. The Balaban J connectivity index is 1.90. The van der Waals surface area contributed by atoms with Crippen molar-refractivity contribution in [1.82, 2.24) is 10.2 Å². The Morgan fingerprint density at radius 1 is 1.00 bits per heavy atom. The highest BCUT2D eigenvalue weighted by molar-refractivity contribution is 6.62. The van der Waals surface area contributed by atoms with Gasteiger partial charge in [0, 0.05) is 19.6 Å². The maximum absolute atomic E-state index is 6.10. The molecule has 0 amide bonds. The zero-order valence-electron chi connectivity index (χ0n) is 15.5. The van der Waals surface area contributed by atoms with Crippen LogP contribution in [0, 0.1) is 0 Å². The summed E-state index contributed by atoms with van der Waals surface area (Å²) in [6, 6.07) is 8.63. The molecule has 1 N–H and O–H groups in total. The molecule has 0 atom stereocenters. The van der Waals surface area contributed by atoms with E-state index in [4.69, 9.17) is 9.31 Å². The van der Waals surface area contributed by atoms with Gasteiger partial charge < -0.3 is 19.5 Å². The Kier molecular flexibility index (Phi) is 5.90. The summed E-state index contributed by atoms with van der Waals surface area (Å²) in [5, 5.41) is 3.18. The molecule has 1 saturated heterocycles. The Hall–Kier alpha value is -0.875. The first-order valence-electron chi connectivity index (χ1n) is 8.53. The van der Waals surface area contributed by atoms with Crippen LogP contribution >= 0.6 is 0 Å². The van der Waals surface area contributed by atoms with Crippen molar-refractivity contribution in [2.24, 2.45) is 0 Å². The van der Waals surface area contributed by atoms with E-state index in [0.29, 0.717) is 0 Å². The number of nitrogens with one attached hydrogen (secondary N) is 1. The molecule has 1 aromatic rings. The van der Waals surface area contributed by atoms with Gasteiger partial charge in [0.05, 0.1) is 11.2 Å². The van der Waals surface area contributed by atoms with Gasteiger partial charge in [-0.15, -0.1) is 0 Å². The van der Waals surface area contributed by atoms with E-state index in [-0.39, 0.29) is 18.3 Å². The fourth-order valence-corrected chi connectivity index (χ4v) is 2.56. The molecule has 0 aliphatic carbocycles. The number of hydrogen-bond donors (Lipinski definition) is 1. The predicted molar refractivity (Wildman–Crippen MR) is 97.3 cm³/mol. The second-order valence-corrected chi connectivity index (χ2v) is 7.49. The van der Waals surface area contributed by atoms with Crippen molar-refractivity contribution in [3.8, 4) is 0 Å². The van der Waals surface area contributed by atoms with Crippen LogP contribution < -0.4 is 10.8 Å². The second-order valence-electron chi connectivity index (χ2n) is 7.49. The average molecular weight is 318 g/mol. The molecule has 0 aromatic heterocycles. The molecule has 128 valence electrons. The zero-order valence-corrected chi connectivity index (χ0v) is 15.5. The topological polar surface area (TPSA) is 33.7 Å². The molecule has 5 heteroatoms. The predicted octanol–water partition coefficient (Wildman–Crippen LogP) is 1.68. The summed E-state index contributed by atoms with van der Waals surface area (Å²) in [5.74, 6) is 0. The molecule has 1 aromatic carbocycles. The van der Waals surface area contributed by atoms with E-state index in [1.54, 1.807) is 0 Å². The monoisotopic (exact) mass is 318 g/mol. The molecule has 0 saturated carbocycles. The van der Waals surface area contributed by atoms with Crippen LogP contribution in [0.25, 0.3) is 0 Å². The number of hydrogen-bond acceptors (Lipinski definition) is 4. The Bertz CT molecular complexity index is 486. The van der Waals surface area contributed by atoms with Gasteiger partial charge in [0.2, 0.25) is 0 Å². The van der Waals surface area contributed by atoms with E-state index in [2.05, 4.69) is 69.2 Å². The van der Waals surface area contributed by atoms with Crippen molar-refractivity contribution in [3.63, 3.8) is 0 Å². The summed E-state index contributed by atoms with van der Waals surface area (Å²) in [6.07, 6.45) is 1.06. The number of nitrogens with zero attached hydrogens (tertiary/aromatic N) is 1. The number of likely N-dealkylation sites (N-methyl/N-ethyl adjacent to an activating group) is 2. The third-order valence-corrected chi connectivity index (χ3v) is 5.03. The SMILES string of the molecule is CNCCN(C)CCc1ccc(B2OC(C)(C)C(C)(C)O2)cc1. The minimum Gasteiger partial charge on any atom is -0.399 e. The summed E-state index contributed by atoms with van der Waals surface area (Å²) in [6.45, 7) is 11.5. The molecule has 0 unspecified atom stereocenters. The molecule has 1 fully saturated rings. The molecular weight excluding hydrogens is 287 g/mol. The fraction of sp³-hybridized carbons (Fsp3) is 0.667. The van der Waals surface area contributed by atoms with Crippen molar-refractivity contribution < 1.29 is 9.31 Å². The third kappa shape index (κ3) is 4.57. The van der Waals surface area contributed by atoms with Crippen LogP contribution in [-0.4, -0.2) is 57.0 Å². The quantitative estimate of drug-likeness (QED) is 0.776. The minimum absolute atomic E-state index is 0.271. The normalized spacial score (nSPS) is 19.5. The van der Waals surface area contributed by atoms with Gasteiger partial charge in [-0.1, -0.05) is 24.3 Å². The van der Waals surface area contributed by atoms with E-state index in [0.717, 1.165) is 31.5 Å². The van der Waals surface area contributed by atoms with Crippen molar-refractivity contribution >= 4 is 12.6 Å². The van der Waals surface area contributed by atoms with Gasteiger partial charge in [0.25, 0.3) is 0 Å². The first-order chi connectivity index (χ1) is 10.7. The van der Waals surface area contributed by atoms with Crippen molar-refractivity contribution in [2.75, 3.05) is 33.7 Å². The molecule has 1 aliphatic heterocycles. The van der Waals surface area contributed by atoms with E-state index in [1.807, 2.05) is 7.05 Å².